The van der Waals surface area contributed by atoms with Gasteiger partial charge in [-0.15, -0.1) is 11.3 Å². The lowest BCUT2D eigenvalue weighted by atomic mass is 10.2. The average molecular weight is 308 g/mol. The number of carbonyl (C=O) groups is 2. The Balaban J connectivity index is 2.30. The molecule has 3 N–H and O–H groups in total. The second-order valence-electron chi connectivity index (χ2n) is 4.47. The number of anilines is 2. The van der Waals surface area contributed by atoms with E-state index < -0.39 is 5.97 Å². The molecule has 0 aliphatic heterocycles. The van der Waals surface area contributed by atoms with Gasteiger partial charge < -0.3 is 15.8 Å². The zero-order valence-corrected chi connectivity index (χ0v) is 12.8. The highest BCUT2D eigenvalue weighted by Gasteiger charge is 2.24. The second kappa shape index (κ2) is 5.96. The van der Waals surface area contributed by atoms with E-state index in [1.807, 2.05) is 13.2 Å². The fourth-order valence-corrected chi connectivity index (χ4v) is 2.88. The summed E-state index contributed by atoms with van der Waals surface area (Å²) in [4.78, 5) is 23.8. The van der Waals surface area contributed by atoms with Crippen molar-refractivity contribution >= 4 is 33.8 Å². The number of aromatic nitrogens is 2. The summed E-state index contributed by atoms with van der Waals surface area (Å²) >= 11 is 1.15. The van der Waals surface area contributed by atoms with Gasteiger partial charge in [0.05, 0.1) is 23.9 Å². The molecule has 0 aliphatic carbocycles. The normalized spacial score (nSPS) is 10.4. The molecule has 0 saturated heterocycles. The van der Waals surface area contributed by atoms with E-state index in [2.05, 4.69) is 10.4 Å². The van der Waals surface area contributed by atoms with Crippen LogP contribution in [-0.2, 0) is 18.3 Å². The molecule has 21 heavy (non-hydrogen) atoms. The van der Waals surface area contributed by atoms with Gasteiger partial charge in [0.25, 0.3) is 0 Å². The highest BCUT2D eigenvalue weighted by Crippen LogP contribution is 2.36. The number of nitrogens with one attached hydrogen (secondary N) is 1. The third-order valence-electron chi connectivity index (χ3n) is 2.87. The van der Waals surface area contributed by atoms with Crippen molar-refractivity contribution in [1.82, 2.24) is 9.78 Å². The van der Waals surface area contributed by atoms with Crippen molar-refractivity contribution in [3.8, 4) is 0 Å². The molecule has 0 aromatic carbocycles. The lowest BCUT2D eigenvalue weighted by Crippen LogP contribution is -2.08. The van der Waals surface area contributed by atoms with Crippen molar-refractivity contribution < 1.29 is 14.3 Å². The third-order valence-corrected chi connectivity index (χ3v) is 4.13. The van der Waals surface area contributed by atoms with Crippen LogP contribution in [0.5, 0.6) is 0 Å². The number of nitrogens with two attached hydrogens (primary N) is 1. The standard InChI is InChI=1S/C13H16N4O3S/c1-7(18)11-10(14)9(13(19)20-3)12(21-11)15-4-8-5-16-17(2)6-8/h5-6,15H,4,14H2,1-3H3. The lowest BCUT2D eigenvalue weighted by molar-refractivity contribution is 0.0603. The van der Waals surface area contributed by atoms with Gasteiger partial charge in [-0.25, -0.2) is 4.79 Å². The molecule has 0 radical (unpaired) electrons. The van der Waals surface area contributed by atoms with E-state index in [4.69, 9.17) is 10.5 Å². The number of aryl methyl sites for hydroxylation is 1. The van der Waals surface area contributed by atoms with E-state index in [9.17, 15) is 9.59 Å². The topological polar surface area (TPSA) is 99.2 Å². The second-order valence-corrected chi connectivity index (χ2v) is 5.49. The maximum atomic E-state index is 11.8. The Morgan fingerprint density at radius 1 is 1.52 bits per heavy atom. The first-order chi connectivity index (χ1) is 9.93. The number of methoxy groups -OCH3 is 1. The van der Waals surface area contributed by atoms with Crippen LogP contribution in [0.15, 0.2) is 12.4 Å². The van der Waals surface area contributed by atoms with Crippen LogP contribution >= 0.6 is 11.3 Å². The van der Waals surface area contributed by atoms with Crippen molar-refractivity contribution in [2.75, 3.05) is 18.2 Å². The summed E-state index contributed by atoms with van der Waals surface area (Å²) in [6.45, 7) is 1.88. The summed E-state index contributed by atoms with van der Waals surface area (Å²) in [7, 11) is 3.10. The Morgan fingerprint density at radius 2 is 2.24 bits per heavy atom. The fraction of sp³-hybridized carbons (Fsp3) is 0.308. The van der Waals surface area contributed by atoms with Gasteiger partial charge in [0.1, 0.15) is 10.6 Å². The quantitative estimate of drug-likeness (QED) is 0.644. The minimum Gasteiger partial charge on any atom is -0.465 e. The lowest BCUT2D eigenvalue weighted by Gasteiger charge is -2.05. The number of esters is 1. The maximum absolute atomic E-state index is 11.8. The van der Waals surface area contributed by atoms with Gasteiger partial charge in [0.2, 0.25) is 0 Å². The van der Waals surface area contributed by atoms with Crippen LogP contribution in [0.25, 0.3) is 0 Å². The predicted octanol–water partition coefficient (Wildman–Crippen LogP) is 1.67. The van der Waals surface area contributed by atoms with E-state index in [0.717, 1.165) is 16.9 Å². The molecule has 2 aromatic heterocycles. The summed E-state index contributed by atoms with van der Waals surface area (Å²) in [5.74, 6) is -0.748. The third kappa shape index (κ3) is 3.05. The van der Waals surface area contributed by atoms with Gasteiger partial charge >= 0.3 is 5.97 Å². The number of hydrogen-bond acceptors (Lipinski definition) is 7. The Hall–Kier alpha value is -2.35. The van der Waals surface area contributed by atoms with Gasteiger partial charge in [-0.2, -0.15) is 5.10 Å². The fourth-order valence-electron chi connectivity index (χ4n) is 1.88. The molecule has 2 heterocycles. The molecule has 0 unspecified atom stereocenters. The van der Waals surface area contributed by atoms with E-state index >= 15 is 0 Å². The van der Waals surface area contributed by atoms with Crippen molar-refractivity contribution in [3.63, 3.8) is 0 Å². The molecule has 8 heteroatoms. The molecule has 0 atom stereocenters. The smallest absolute Gasteiger partial charge is 0.343 e. The Morgan fingerprint density at radius 3 is 2.76 bits per heavy atom. The monoisotopic (exact) mass is 308 g/mol. The molecule has 0 saturated carbocycles. The van der Waals surface area contributed by atoms with Crippen LogP contribution in [-0.4, -0.2) is 28.6 Å². The Labute approximate surface area is 125 Å². The first kappa shape index (κ1) is 15.0. The predicted molar refractivity (Wildman–Crippen MR) is 80.6 cm³/mol. The summed E-state index contributed by atoms with van der Waals surface area (Å²) in [6, 6.07) is 0. The van der Waals surface area contributed by atoms with E-state index in [0.29, 0.717) is 16.4 Å². The van der Waals surface area contributed by atoms with Crippen LogP contribution in [0.2, 0.25) is 0 Å². The number of nitrogen functional groups attached to an aromatic ring is 1. The van der Waals surface area contributed by atoms with Crippen LogP contribution < -0.4 is 11.1 Å². The summed E-state index contributed by atoms with van der Waals surface area (Å²) < 4.78 is 6.41. The number of ether oxygens (including phenoxy) is 1. The highest BCUT2D eigenvalue weighted by molar-refractivity contribution is 7.19. The van der Waals surface area contributed by atoms with Crippen LogP contribution in [0.3, 0.4) is 0 Å². The molecule has 0 aliphatic rings. The number of ketones is 1. The molecule has 7 nitrogen and oxygen atoms in total. The van der Waals surface area contributed by atoms with Gasteiger partial charge in [-0.3, -0.25) is 9.48 Å². The number of nitrogens with zero attached hydrogens (tertiary/aromatic N) is 2. The van der Waals surface area contributed by atoms with E-state index in [-0.39, 0.29) is 17.0 Å². The maximum Gasteiger partial charge on any atom is 0.343 e. The number of Topliss-reactive ketones (excluding diaryl/α,β-unsaturated/α-hetero) is 1. The average Bonchev–Trinajstić information content (AvgIpc) is 2.99. The van der Waals surface area contributed by atoms with E-state index in [1.54, 1.807) is 10.9 Å². The minimum atomic E-state index is -0.565. The van der Waals surface area contributed by atoms with Crippen LogP contribution in [0.4, 0.5) is 10.7 Å². The molecule has 0 bridgehead atoms. The molecule has 112 valence electrons. The highest BCUT2D eigenvalue weighted by atomic mass is 32.1. The first-order valence-electron chi connectivity index (χ1n) is 6.17. The molecule has 2 aromatic rings. The van der Waals surface area contributed by atoms with Gasteiger partial charge in [-0.05, 0) is 0 Å². The minimum absolute atomic E-state index is 0.160. The molecule has 2 rings (SSSR count). The largest absolute Gasteiger partial charge is 0.465 e. The van der Waals surface area contributed by atoms with Crippen molar-refractivity contribution in [3.05, 3.63) is 28.4 Å². The number of thiophene rings is 1. The van der Waals surface area contributed by atoms with Gasteiger partial charge in [0, 0.05) is 32.3 Å². The number of carbonyl (C=O) groups excluding carboxylic acids is 2. The SMILES string of the molecule is COC(=O)c1c(NCc2cnn(C)c2)sc(C(C)=O)c1N. The van der Waals surface area contributed by atoms with Crippen molar-refractivity contribution in [2.24, 2.45) is 7.05 Å². The zero-order valence-electron chi connectivity index (χ0n) is 12.0. The molecular weight excluding hydrogens is 292 g/mol. The van der Waals surface area contributed by atoms with Crippen LogP contribution in [0.1, 0.15) is 32.5 Å². The van der Waals surface area contributed by atoms with Crippen molar-refractivity contribution in [1.29, 1.82) is 0 Å². The summed E-state index contributed by atoms with van der Waals surface area (Å²) in [6.07, 6.45) is 3.57. The van der Waals surface area contributed by atoms with E-state index in [1.165, 1.54) is 14.0 Å². The molecular formula is C13H16N4O3S. The molecule has 0 amide bonds. The summed E-state index contributed by atoms with van der Waals surface area (Å²) in [5.41, 5.74) is 7.20. The van der Waals surface area contributed by atoms with Gasteiger partial charge in [0.15, 0.2) is 5.78 Å². The number of rotatable bonds is 5. The molecule has 0 fully saturated rings. The Bertz CT molecular complexity index is 690. The number of hydrogen-bond donors (Lipinski definition) is 2. The van der Waals surface area contributed by atoms with Gasteiger partial charge in [-0.1, -0.05) is 0 Å². The summed E-state index contributed by atoms with van der Waals surface area (Å²) in [5, 5.41) is 7.69. The first-order valence-corrected chi connectivity index (χ1v) is 6.98. The Kier molecular flexibility index (Phi) is 4.27. The van der Waals surface area contributed by atoms with Crippen LogP contribution in [0, 0.1) is 0 Å². The molecule has 0 spiro atoms. The zero-order chi connectivity index (χ0) is 15.6. The van der Waals surface area contributed by atoms with Crippen molar-refractivity contribution in [2.45, 2.75) is 13.5 Å².